The van der Waals surface area contributed by atoms with Gasteiger partial charge in [-0.2, -0.15) is 0 Å². The summed E-state index contributed by atoms with van der Waals surface area (Å²) >= 11 is 0. The number of rotatable bonds is 6. The molecule has 1 aliphatic rings. The second-order valence-corrected chi connectivity index (χ2v) is 5.25. The Hall–Kier alpha value is -1.10. The van der Waals surface area contributed by atoms with Crippen LogP contribution in [0.25, 0.3) is 0 Å². The minimum atomic E-state index is -0.441. The van der Waals surface area contributed by atoms with E-state index >= 15 is 0 Å². The zero-order valence-corrected chi connectivity index (χ0v) is 11.7. The summed E-state index contributed by atoms with van der Waals surface area (Å²) < 4.78 is 5.21. The number of ether oxygens (including phenoxy) is 1. The molecule has 0 unspecified atom stereocenters. The van der Waals surface area contributed by atoms with Crippen molar-refractivity contribution in [2.75, 3.05) is 13.2 Å². The van der Waals surface area contributed by atoms with Gasteiger partial charge in [-0.3, -0.25) is 9.69 Å². The van der Waals surface area contributed by atoms with Crippen molar-refractivity contribution in [2.24, 2.45) is 0 Å². The lowest BCUT2D eigenvalue weighted by atomic mass is 10.2. The summed E-state index contributed by atoms with van der Waals surface area (Å²) in [4.78, 5) is 24.9. The summed E-state index contributed by atoms with van der Waals surface area (Å²) in [5, 5.41) is 2.61. The number of nitrogens with one attached hydrogen (secondary N) is 1. The van der Waals surface area contributed by atoms with Crippen LogP contribution in [0.2, 0.25) is 0 Å². The Kier molecular flexibility index (Phi) is 5.59. The molecular formula is C13H24N2O3. The van der Waals surface area contributed by atoms with Crippen molar-refractivity contribution in [1.29, 1.82) is 0 Å². The number of amides is 1. The lowest BCUT2D eigenvalue weighted by molar-refractivity contribution is -0.147. The molecule has 18 heavy (non-hydrogen) atoms. The van der Waals surface area contributed by atoms with E-state index in [0.717, 1.165) is 6.54 Å². The Morgan fingerprint density at radius 1 is 1.39 bits per heavy atom. The molecule has 1 aliphatic heterocycles. The molecule has 0 bridgehead atoms. The second-order valence-electron chi connectivity index (χ2n) is 5.25. The molecular weight excluding hydrogens is 232 g/mol. The maximum atomic E-state index is 11.7. The fraction of sp³-hybridized carbons (Fsp3) is 0.846. The van der Waals surface area contributed by atoms with Crippen molar-refractivity contribution in [3.63, 3.8) is 0 Å². The van der Waals surface area contributed by atoms with Crippen LogP contribution in [0.1, 0.15) is 40.5 Å². The summed E-state index contributed by atoms with van der Waals surface area (Å²) in [6.45, 7) is 9.60. The molecule has 1 saturated heterocycles. The predicted octanol–water partition coefficient (Wildman–Crippen LogP) is 0.927. The van der Waals surface area contributed by atoms with Gasteiger partial charge in [0.2, 0.25) is 5.91 Å². The van der Waals surface area contributed by atoms with Gasteiger partial charge in [0.25, 0.3) is 0 Å². The van der Waals surface area contributed by atoms with E-state index in [2.05, 4.69) is 37.9 Å². The second kappa shape index (κ2) is 6.73. The summed E-state index contributed by atoms with van der Waals surface area (Å²) in [5.41, 5.74) is 0. The number of esters is 1. The normalized spacial score (nSPS) is 19.7. The van der Waals surface area contributed by atoms with E-state index in [4.69, 9.17) is 4.74 Å². The molecule has 1 amide bonds. The van der Waals surface area contributed by atoms with Crippen LogP contribution in [0.15, 0.2) is 0 Å². The maximum Gasteiger partial charge on any atom is 0.328 e. The molecule has 0 aromatic rings. The summed E-state index contributed by atoms with van der Waals surface area (Å²) in [6.07, 6.45) is 0.972. The summed E-state index contributed by atoms with van der Waals surface area (Å²) in [6, 6.07) is 0.411. The molecule has 0 saturated carbocycles. The highest BCUT2D eigenvalue weighted by atomic mass is 16.5. The number of hydrogen-bond acceptors (Lipinski definition) is 4. The van der Waals surface area contributed by atoms with Crippen LogP contribution in [0.5, 0.6) is 0 Å². The van der Waals surface area contributed by atoms with Crippen molar-refractivity contribution in [3.05, 3.63) is 0 Å². The van der Waals surface area contributed by atoms with E-state index < -0.39 is 6.04 Å². The first-order valence-corrected chi connectivity index (χ1v) is 6.63. The van der Waals surface area contributed by atoms with Gasteiger partial charge in [0.15, 0.2) is 0 Å². The van der Waals surface area contributed by atoms with E-state index in [1.807, 2.05) is 0 Å². The van der Waals surface area contributed by atoms with Crippen molar-refractivity contribution >= 4 is 11.9 Å². The minimum absolute atomic E-state index is 0.0667. The van der Waals surface area contributed by atoms with Gasteiger partial charge < -0.3 is 10.1 Å². The van der Waals surface area contributed by atoms with Crippen molar-refractivity contribution in [1.82, 2.24) is 10.2 Å². The Morgan fingerprint density at radius 3 is 2.44 bits per heavy atom. The zero-order chi connectivity index (χ0) is 13.7. The molecule has 0 aromatic carbocycles. The van der Waals surface area contributed by atoms with Gasteiger partial charge in [-0.05, 0) is 34.1 Å². The molecule has 1 atom stereocenters. The van der Waals surface area contributed by atoms with Crippen LogP contribution in [-0.2, 0) is 14.3 Å². The summed E-state index contributed by atoms with van der Waals surface area (Å²) in [5.74, 6) is -0.378. The molecule has 1 fully saturated rings. The Labute approximate surface area is 109 Å². The van der Waals surface area contributed by atoms with Gasteiger partial charge in [-0.1, -0.05) is 0 Å². The van der Waals surface area contributed by atoms with Gasteiger partial charge in [0, 0.05) is 25.0 Å². The molecule has 1 rings (SSSR count). The average molecular weight is 256 g/mol. The van der Waals surface area contributed by atoms with Crippen LogP contribution in [0.4, 0.5) is 0 Å². The third-order valence-electron chi connectivity index (χ3n) is 3.20. The first-order chi connectivity index (χ1) is 8.41. The monoisotopic (exact) mass is 256 g/mol. The highest BCUT2D eigenvalue weighted by Crippen LogP contribution is 2.09. The molecule has 0 spiro atoms. The Bertz CT molecular complexity index is 295. The highest BCUT2D eigenvalue weighted by molar-refractivity contribution is 5.87. The van der Waals surface area contributed by atoms with Crippen molar-refractivity contribution in [3.8, 4) is 0 Å². The average Bonchev–Trinajstić information content (AvgIpc) is 2.69. The largest absolute Gasteiger partial charge is 0.463 e. The third kappa shape index (κ3) is 4.29. The number of carbonyl (C=O) groups excluding carboxylic acids is 2. The molecule has 0 radical (unpaired) electrons. The number of hydrogen-bond donors (Lipinski definition) is 1. The van der Waals surface area contributed by atoms with E-state index in [9.17, 15) is 9.59 Å². The molecule has 5 heteroatoms. The van der Waals surface area contributed by atoms with E-state index in [1.54, 1.807) is 0 Å². The van der Waals surface area contributed by atoms with Crippen LogP contribution < -0.4 is 5.32 Å². The van der Waals surface area contributed by atoms with Crippen LogP contribution >= 0.6 is 0 Å². The molecule has 1 N–H and O–H groups in total. The summed E-state index contributed by atoms with van der Waals surface area (Å²) in [7, 11) is 0. The molecule has 0 aromatic heterocycles. The minimum Gasteiger partial charge on any atom is -0.463 e. The first kappa shape index (κ1) is 15.0. The SMILES string of the molecule is CC(C)N(CCOC(=O)[C@@H]1CCC(=O)N1)C(C)C. The van der Waals surface area contributed by atoms with E-state index in [0.29, 0.717) is 31.5 Å². The third-order valence-corrected chi connectivity index (χ3v) is 3.20. The maximum absolute atomic E-state index is 11.7. The van der Waals surface area contributed by atoms with Crippen molar-refractivity contribution in [2.45, 2.75) is 58.7 Å². The first-order valence-electron chi connectivity index (χ1n) is 6.63. The van der Waals surface area contributed by atoms with Gasteiger partial charge in [-0.25, -0.2) is 4.79 Å². The van der Waals surface area contributed by atoms with Gasteiger partial charge in [0.1, 0.15) is 12.6 Å². The Morgan fingerprint density at radius 2 is 2.00 bits per heavy atom. The van der Waals surface area contributed by atoms with Gasteiger partial charge in [-0.15, -0.1) is 0 Å². The van der Waals surface area contributed by atoms with Gasteiger partial charge in [0.05, 0.1) is 0 Å². The molecule has 5 nitrogen and oxygen atoms in total. The fourth-order valence-corrected chi connectivity index (χ4v) is 2.26. The van der Waals surface area contributed by atoms with Crippen molar-refractivity contribution < 1.29 is 14.3 Å². The zero-order valence-electron chi connectivity index (χ0n) is 11.7. The lowest BCUT2D eigenvalue weighted by Gasteiger charge is -2.30. The molecule has 0 aliphatic carbocycles. The Balaban J connectivity index is 2.28. The quantitative estimate of drug-likeness (QED) is 0.718. The molecule has 104 valence electrons. The standard InChI is InChI=1S/C13H24N2O3/c1-9(2)15(10(3)4)7-8-18-13(17)11-5-6-12(16)14-11/h9-11H,5-8H2,1-4H3,(H,14,16)/t11-/m0/s1. The van der Waals surface area contributed by atoms with Gasteiger partial charge >= 0.3 is 5.97 Å². The van der Waals surface area contributed by atoms with Crippen LogP contribution in [0.3, 0.4) is 0 Å². The molecule has 1 heterocycles. The predicted molar refractivity (Wildman–Crippen MR) is 69.1 cm³/mol. The van der Waals surface area contributed by atoms with Crippen LogP contribution in [0, 0.1) is 0 Å². The highest BCUT2D eigenvalue weighted by Gasteiger charge is 2.28. The van der Waals surface area contributed by atoms with E-state index in [-0.39, 0.29) is 11.9 Å². The van der Waals surface area contributed by atoms with Crippen LogP contribution in [-0.4, -0.2) is 48.1 Å². The smallest absolute Gasteiger partial charge is 0.328 e. The topological polar surface area (TPSA) is 58.6 Å². The lowest BCUT2D eigenvalue weighted by Crippen LogP contribution is -2.41. The van der Waals surface area contributed by atoms with E-state index in [1.165, 1.54) is 0 Å². The number of carbonyl (C=O) groups is 2. The fourth-order valence-electron chi connectivity index (χ4n) is 2.26. The number of nitrogens with zero attached hydrogens (tertiary/aromatic N) is 1.